The molecule has 2 nitrogen and oxygen atoms in total. The van der Waals surface area contributed by atoms with E-state index in [1.165, 1.54) is 10.9 Å². The van der Waals surface area contributed by atoms with E-state index in [1.54, 1.807) is 0 Å². The first-order valence-electron chi connectivity index (χ1n) is 7.60. The van der Waals surface area contributed by atoms with Crippen molar-refractivity contribution in [1.82, 2.24) is 5.32 Å². The average molecular weight is 273 g/mol. The van der Waals surface area contributed by atoms with E-state index in [-0.39, 0.29) is 11.5 Å². The lowest BCUT2D eigenvalue weighted by Crippen LogP contribution is -2.20. The Morgan fingerprint density at radius 3 is 2.45 bits per heavy atom. The number of rotatable bonds is 5. The maximum atomic E-state index is 6.02. The van der Waals surface area contributed by atoms with Crippen LogP contribution in [-0.4, -0.2) is 7.05 Å². The zero-order chi connectivity index (χ0) is 14.9. The molecule has 0 saturated heterocycles. The van der Waals surface area contributed by atoms with Gasteiger partial charge in [0.2, 0.25) is 0 Å². The van der Waals surface area contributed by atoms with Crippen LogP contribution >= 0.6 is 0 Å². The van der Waals surface area contributed by atoms with Gasteiger partial charge in [-0.2, -0.15) is 0 Å². The predicted octanol–water partition coefficient (Wildman–Crippen LogP) is 5.04. The number of benzene rings is 1. The molecule has 2 heteroatoms. The molecule has 0 bridgehead atoms. The molecule has 0 aliphatic carbocycles. The fraction of sp³-hybridized carbons (Fsp3) is 0.556. The zero-order valence-electron chi connectivity index (χ0n) is 13.6. The first-order chi connectivity index (χ1) is 9.39. The van der Waals surface area contributed by atoms with E-state index in [4.69, 9.17) is 4.42 Å². The van der Waals surface area contributed by atoms with Gasteiger partial charge in [-0.05, 0) is 48.6 Å². The summed E-state index contributed by atoms with van der Waals surface area (Å²) in [6, 6.07) is 9.04. The largest absolute Gasteiger partial charge is 0.459 e. The van der Waals surface area contributed by atoms with Crippen LogP contribution in [0.2, 0.25) is 0 Å². The van der Waals surface area contributed by atoms with Gasteiger partial charge in [0.1, 0.15) is 11.3 Å². The van der Waals surface area contributed by atoms with Gasteiger partial charge in [-0.15, -0.1) is 0 Å². The van der Waals surface area contributed by atoms with Gasteiger partial charge < -0.3 is 9.73 Å². The Kier molecular flexibility index (Phi) is 4.24. The van der Waals surface area contributed by atoms with Gasteiger partial charge in [0.25, 0.3) is 0 Å². The molecule has 1 aromatic heterocycles. The summed E-state index contributed by atoms with van der Waals surface area (Å²) in [4.78, 5) is 0. The molecule has 2 aromatic rings. The average Bonchev–Trinajstić information content (AvgIpc) is 2.81. The highest BCUT2D eigenvalue weighted by Gasteiger charge is 2.21. The van der Waals surface area contributed by atoms with Crippen LogP contribution in [0.1, 0.15) is 58.4 Å². The second kappa shape index (κ2) is 5.61. The number of nitrogens with one attached hydrogen (secondary N) is 1. The van der Waals surface area contributed by atoms with Crippen molar-refractivity contribution >= 4 is 11.0 Å². The van der Waals surface area contributed by atoms with Crippen molar-refractivity contribution in [2.24, 2.45) is 5.92 Å². The van der Waals surface area contributed by atoms with Crippen LogP contribution < -0.4 is 5.32 Å². The van der Waals surface area contributed by atoms with Crippen molar-refractivity contribution in [2.75, 3.05) is 7.05 Å². The summed E-state index contributed by atoms with van der Waals surface area (Å²) in [5.74, 6) is 1.54. The van der Waals surface area contributed by atoms with E-state index in [0.717, 1.165) is 17.8 Å². The van der Waals surface area contributed by atoms with Crippen LogP contribution in [-0.2, 0) is 5.41 Å². The number of fused-ring (bicyclic) bond motifs is 1. The summed E-state index contributed by atoms with van der Waals surface area (Å²) in [7, 11) is 1.99. The number of hydrogen-bond acceptors (Lipinski definition) is 2. The highest BCUT2D eigenvalue weighted by atomic mass is 16.3. The Labute approximate surface area is 122 Å². The summed E-state index contributed by atoms with van der Waals surface area (Å²) in [5.41, 5.74) is 2.58. The highest BCUT2D eigenvalue weighted by Crippen LogP contribution is 2.33. The molecule has 1 heterocycles. The van der Waals surface area contributed by atoms with Crippen molar-refractivity contribution in [3.8, 4) is 0 Å². The third-order valence-electron chi connectivity index (χ3n) is 4.48. The predicted molar refractivity (Wildman–Crippen MR) is 86.2 cm³/mol. The smallest absolute Gasteiger partial charge is 0.134 e. The molecule has 0 spiro atoms. The standard InChI is InChI=1S/C18H27NO/c1-7-18(4,5)14-8-9-15-13(10-14)11-16(20-15)17(19-6)12(2)3/h8-12,17,19H,7H2,1-6H3. The topological polar surface area (TPSA) is 25.2 Å². The molecular formula is C18H27NO. The van der Waals surface area contributed by atoms with Gasteiger partial charge in [0, 0.05) is 5.39 Å². The Hall–Kier alpha value is -1.28. The van der Waals surface area contributed by atoms with Crippen LogP contribution in [0.15, 0.2) is 28.7 Å². The maximum Gasteiger partial charge on any atom is 0.134 e. The van der Waals surface area contributed by atoms with Crippen LogP contribution in [0, 0.1) is 5.92 Å². The van der Waals surface area contributed by atoms with Gasteiger partial charge in [-0.3, -0.25) is 0 Å². The number of furan rings is 1. The monoisotopic (exact) mass is 273 g/mol. The third-order valence-corrected chi connectivity index (χ3v) is 4.48. The first-order valence-corrected chi connectivity index (χ1v) is 7.60. The summed E-state index contributed by atoms with van der Waals surface area (Å²) in [6.07, 6.45) is 1.13. The highest BCUT2D eigenvalue weighted by molar-refractivity contribution is 5.79. The summed E-state index contributed by atoms with van der Waals surface area (Å²) < 4.78 is 6.02. The minimum Gasteiger partial charge on any atom is -0.459 e. The van der Waals surface area contributed by atoms with Crippen molar-refractivity contribution in [3.05, 3.63) is 35.6 Å². The second-order valence-electron chi connectivity index (χ2n) is 6.65. The molecule has 1 atom stereocenters. The van der Waals surface area contributed by atoms with Crippen LogP contribution in [0.25, 0.3) is 11.0 Å². The third kappa shape index (κ3) is 2.76. The summed E-state index contributed by atoms with van der Waals surface area (Å²) >= 11 is 0. The van der Waals surface area contributed by atoms with Crippen molar-refractivity contribution in [2.45, 2.75) is 52.5 Å². The molecule has 1 aromatic carbocycles. The van der Waals surface area contributed by atoms with E-state index in [9.17, 15) is 0 Å². The zero-order valence-corrected chi connectivity index (χ0v) is 13.6. The molecule has 1 N–H and O–H groups in total. The Morgan fingerprint density at radius 1 is 1.20 bits per heavy atom. The fourth-order valence-corrected chi connectivity index (χ4v) is 2.65. The van der Waals surface area contributed by atoms with E-state index in [0.29, 0.717) is 5.92 Å². The van der Waals surface area contributed by atoms with Gasteiger partial charge in [-0.25, -0.2) is 0 Å². The first kappa shape index (κ1) is 15.1. The van der Waals surface area contributed by atoms with Crippen molar-refractivity contribution < 1.29 is 4.42 Å². The van der Waals surface area contributed by atoms with Crippen molar-refractivity contribution in [3.63, 3.8) is 0 Å². The Morgan fingerprint density at radius 2 is 1.90 bits per heavy atom. The van der Waals surface area contributed by atoms with Crippen LogP contribution in [0.5, 0.6) is 0 Å². The molecule has 0 aliphatic heterocycles. The van der Waals surface area contributed by atoms with Gasteiger partial charge >= 0.3 is 0 Å². The Bertz CT molecular complexity index is 580. The van der Waals surface area contributed by atoms with E-state index in [1.807, 2.05) is 7.05 Å². The molecule has 0 amide bonds. The lowest BCUT2D eigenvalue weighted by molar-refractivity contribution is 0.371. The van der Waals surface area contributed by atoms with E-state index in [2.05, 4.69) is 64.2 Å². The van der Waals surface area contributed by atoms with Crippen LogP contribution in [0.3, 0.4) is 0 Å². The minimum atomic E-state index is 0.214. The molecule has 110 valence electrons. The van der Waals surface area contributed by atoms with E-state index >= 15 is 0 Å². The lowest BCUT2D eigenvalue weighted by atomic mass is 9.82. The maximum absolute atomic E-state index is 6.02. The SMILES string of the molecule is CCC(C)(C)c1ccc2oc(C(NC)C(C)C)cc2c1. The Balaban J connectivity index is 2.45. The quantitative estimate of drug-likeness (QED) is 0.826. The van der Waals surface area contributed by atoms with Gasteiger partial charge in [-0.1, -0.05) is 40.7 Å². The summed E-state index contributed by atoms with van der Waals surface area (Å²) in [6.45, 7) is 11.2. The molecular weight excluding hydrogens is 246 g/mol. The summed E-state index contributed by atoms with van der Waals surface area (Å²) in [5, 5.41) is 4.55. The number of hydrogen-bond donors (Lipinski definition) is 1. The van der Waals surface area contributed by atoms with E-state index < -0.39 is 0 Å². The molecule has 20 heavy (non-hydrogen) atoms. The lowest BCUT2D eigenvalue weighted by Gasteiger charge is -2.23. The molecule has 2 rings (SSSR count). The minimum absolute atomic E-state index is 0.214. The molecule has 1 unspecified atom stereocenters. The van der Waals surface area contributed by atoms with Gasteiger partial charge in [0.15, 0.2) is 0 Å². The molecule has 0 aliphatic rings. The van der Waals surface area contributed by atoms with Crippen molar-refractivity contribution in [1.29, 1.82) is 0 Å². The normalized spacial score (nSPS) is 14.2. The van der Waals surface area contributed by atoms with Gasteiger partial charge in [0.05, 0.1) is 6.04 Å². The molecule has 0 fully saturated rings. The second-order valence-corrected chi connectivity index (χ2v) is 6.65. The molecule has 0 saturated carbocycles. The van der Waals surface area contributed by atoms with Crippen LogP contribution in [0.4, 0.5) is 0 Å². The molecule has 0 radical (unpaired) electrons. The fourth-order valence-electron chi connectivity index (χ4n) is 2.65.